The van der Waals surface area contributed by atoms with Gasteiger partial charge in [0, 0.05) is 20.8 Å². The molecule has 0 aromatic heterocycles. The number of rotatable bonds is 11. The first-order valence-corrected chi connectivity index (χ1v) is 13.9. The van der Waals surface area contributed by atoms with E-state index in [2.05, 4.69) is 26.0 Å². The first-order valence-electron chi connectivity index (χ1n) is 12.0. The predicted molar refractivity (Wildman–Crippen MR) is 127 cm³/mol. The zero-order valence-corrected chi connectivity index (χ0v) is 21.6. The summed E-state index contributed by atoms with van der Waals surface area (Å²) in [6, 6.07) is 8.33. The van der Waals surface area contributed by atoms with Gasteiger partial charge in [-0.05, 0) is 67.6 Å². The second-order valence-corrected chi connectivity index (χ2v) is 11.5. The van der Waals surface area contributed by atoms with Crippen LogP contribution in [0.2, 0.25) is 6.04 Å². The number of ether oxygens (including phenoxy) is 1. The summed E-state index contributed by atoms with van der Waals surface area (Å²) in [6.07, 6.45) is 6.73. The summed E-state index contributed by atoms with van der Waals surface area (Å²) in [7, 11) is -3.80. The van der Waals surface area contributed by atoms with Crippen molar-refractivity contribution in [2.24, 2.45) is 11.8 Å². The number of carbonyl (C=O) groups is 3. The minimum absolute atomic E-state index is 0.100. The maximum atomic E-state index is 11.5. The summed E-state index contributed by atoms with van der Waals surface area (Å²) in [4.78, 5) is 34.5. The Balaban J connectivity index is 1.87. The Morgan fingerprint density at radius 3 is 1.88 bits per heavy atom. The highest BCUT2D eigenvalue weighted by molar-refractivity contribution is 6.65. The largest absolute Gasteiger partial charge is 0.705 e. The molecule has 33 heavy (non-hydrogen) atoms. The zero-order valence-electron chi connectivity index (χ0n) is 20.6. The summed E-state index contributed by atoms with van der Waals surface area (Å²) < 4.78 is 21.4. The van der Waals surface area contributed by atoms with Crippen molar-refractivity contribution >= 4 is 26.7 Å². The van der Waals surface area contributed by atoms with Crippen molar-refractivity contribution in [1.82, 2.24) is 0 Å². The Kier molecular flexibility index (Phi) is 10.4. The fourth-order valence-electron chi connectivity index (χ4n) is 4.54. The van der Waals surface area contributed by atoms with Gasteiger partial charge in [-0.15, -0.1) is 0 Å². The van der Waals surface area contributed by atoms with Gasteiger partial charge < -0.3 is 18.0 Å². The summed E-state index contributed by atoms with van der Waals surface area (Å²) >= 11 is 0. The lowest BCUT2D eigenvalue weighted by Crippen LogP contribution is -2.49. The molecule has 1 aliphatic rings. The Bertz CT molecular complexity index is 744. The zero-order chi connectivity index (χ0) is 24.4. The lowest BCUT2D eigenvalue weighted by molar-refractivity contribution is -0.147. The molecule has 7 nitrogen and oxygen atoms in total. The highest BCUT2D eigenvalue weighted by atomic mass is 28.4. The molecule has 1 aliphatic carbocycles. The van der Waals surface area contributed by atoms with Crippen LogP contribution in [0.5, 0.6) is 5.75 Å². The van der Waals surface area contributed by atoms with Crippen LogP contribution in [0, 0.1) is 11.8 Å². The molecule has 8 heteroatoms. The van der Waals surface area contributed by atoms with E-state index in [1.54, 1.807) is 0 Å². The van der Waals surface area contributed by atoms with E-state index in [0.29, 0.717) is 18.9 Å². The standard InChI is InChI=1S/C25H38O7Si/c1-6-18(2)22-8-10-23(11-9-22)24-12-14-25(15-13-24)29-16-7-17-33(30-19(3)26,31-20(4)27)32-21(5)28/h12-15,18,22-23H,6-11,16-17H2,1-5H3/t18?,22-,23-. The van der Waals surface area contributed by atoms with Crippen LogP contribution in [0.4, 0.5) is 0 Å². The molecular weight excluding hydrogens is 440 g/mol. The molecule has 1 aromatic carbocycles. The SMILES string of the molecule is CCC(C)[C@H]1CC[C@H](c2ccc(OCCC[Si](OC(C)=O)(OC(C)=O)OC(C)=O)cc2)CC1. The van der Waals surface area contributed by atoms with E-state index in [1.807, 2.05) is 12.1 Å². The van der Waals surface area contributed by atoms with E-state index in [0.717, 1.165) is 17.6 Å². The van der Waals surface area contributed by atoms with Crippen molar-refractivity contribution in [1.29, 1.82) is 0 Å². The first-order chi connectivity index (χ1) is 15.6. The molecule has 1 fully saturated rings. The summed E-state index contributed by atoms with van der Waals surface area (Å²) in [5, 5.41) is 0. The lowest BCUT2D eigenvalue weighted by Gasteiger charge is -2.32. The van der Waals surface area contributed by atoms with Crippen molar-refractivity contribution in [3.63, 3.8) is 0 Å². The van der Waals surface area contributed by atoms with E-state index in [1.165, 1.54) is 58.4 Å². The fraction of sp³-hybridized carbons (Fsp3) is 0.640. The highest BCUT2D eigenvalue weighted by Gasteiger charge is 2.51. The number of hydrogen-bond donors (Lipinski definition) is 0. The van der Waals surface area contributed by atoms with Crippen LogP contribution in [-0.2, 0) is 27.7 Å². The van der Waals surface area contributed by atoms with Gasteiger partial charge in [0.05, 0.1) is 12.7 Å². The molecule has 0 heterocycles. The van der Waals surface area contributed by atoms with E-state index in [4.69, 9.17) is 18.0 Å². The van der Waals surface area contributed by atoms with E-state index < -0.39 is 26.7 Å². The van der Waals surface area contributed by atoms with Crippen LogP contribution in [-0.4, -0.2) is 33.3 Å². The normalized spacial score (nSPS) is 19.3. The maximum Gasteiger partial charge on any atom is 0.705 e. The van der Waals surface area contributed by atoms with Gasteiger partial charge in [-0.25, -0.2) is 0 Å². The van der Waals surface area contributed by atoms with Crippen molar-refractivity contribution in [3.05, 3.63) is 29.8 Å². The second kappa shape index (κ2) is 12.8. The van der Waals surface area contributed by atoms with Gasteiger partial charge in [0.15, 0.2) is 0 Å². The van der Waals surface area contributed by atoms with Crippen LogP contribution in [0.3, 0.4) is 0 Å². The number of hydrogen-bond acceptors (Lipinski definition) is 7. The van der Waals surface area contributed by atoms with Gasteiger partial charge in [0.2, 0.25) is 0 Å². The lowest BCUT2D eigenvalue weighted by atomic mass is 9.74. The second-order valence-electron chi connectivity index (χ2n) is 8.98. The molecule has 184 valence electrons. The molecule has 0 radical (unpaired) electrons. The number of benzene rings is 1. The Labute approximate surface area is 198 Å². The Hall–Kier alpha value is -2.35. The quantitative estimate of drug-likeness (QED) is 0.311. The first kappa shape index (κ1) is 26.9. The molecule has 0 N–H and O–H groups in total. The molecule has 1 saturated carbocycles. The Morgan fingerprint density at radius 2 is 1.42 bits per heavy atom. The van der Waals surface area contributed by atoms with Gasteiger partial charge in [-0.3, -0.25) is 14.4 Å². The molecule has 0 saturated heterocycles. The van der Waals surface area contributed by atoms with Crippen LogP contribution >= 0.6 is 0 Å². The van der Waals surface area contributed by atoms with Crippen molar-refractivity contribution in [2.45, 2.75) is 85.1 Å². The van der Waals surface area contributed by atoms with E-state index in [9.17, 15) is 14.4 Å². The maximum absolute atomic E-state index is 11.5. The van der Waals surface area contributed by atoms with Crippen molar-refractivity contribution in [3.8, 4) is 5.75 Å². The molecule has 0 amide bonds. The monoisotopic (exact) mass is 478 g/mol. The molecule has 1 atom stereocenters. The van der Waals surface area contributed by atoms with Crippen LogP contribution in [0.25, 0.3) is 0 Å². The average molecular weight is 479 g/mol. The van der Waals surface area contributed by atoms with Crippen LogP contribution < -0.4 is 4.74 Å². The third-order valence-corrected chi connectivity index (χ3v) is 9.13. The molecule has 0 spiro atoms. The van der Waals surface area contributed by atoms with Crippen molar-refractivity contribution in [2.75, 3.05) is 6.61 Å². The van der Waals surface area contributed by atoms with Crippen LogP contribution in [0.1, 0.15) is 84.6 Å². The summed E-state index contributed by atoms with van der Waals surface area (Å²) in [5.74, 6) is 1.02. The average Bonchev–Trinajstić information content (AvgIpc) is 2.75. The topological polar surface area (TPSA) is 88.1 Å². The number of carbonyl (C=O) groups excluding carboxylic acids is 3. The summed E-state index contributed by atoms with van der Waals surface area (Å²) in [5.41, 5.74) is 1.36. The third kappa shape index (κ3) is 8.83. The third-order valence-electron chi connectivity index (χ3n) is 6.37. The van der Waals surface area contributed by atoms with Crippen molar-refractivity contribution < 1.29 is 32.4 Å². The fourth-order valence-corrected chi connectivity index (χ4v) is 6.86. The minimum Gasteiger partial charge on any atom is -0.494 e. The minimum atomic E-state index is -3.80. The van der Waals surface area contributed by atoms with Crippen LogP contribution in [0.15, 0.2) is 24.3 Å². The molecule has 0 bridgehead atoms. The molecule has 1 aromatic rings. The molecule has 1 unspecified atom stereocenters. The highest BCUT2D eigenvalue weighted by Crippen LogP contribution is 2.39. The van der Waals surface area contributed by atoms with Gasteiger partial charge in [0.1, 0.15) is 5.75 Å². The van der Waals surface area contributed by atoms with Gasteiger partial charge in [-0.1, -0.05) is 32.4 Å². The molecule has 0 aliphatic heterocycles. The predicted octanol–water partition coefficient (Wildman–Crippen LogP) is 5.40. The van der Waals surface area contributed by atoms with E-state index in [-0.39, 0.29) is 6.04 Å². The Morgan fingerprint density at radius 1 is 0.909 bits per heavy atom. The van der Waals surface area contributed by atoms with Gasteiger partial charge in [-0.2, -0.15) is 0 Å². The summed E-state index contributed by atoms with van der Waals surface area (Å²) in [6.45, 7) is 8.50. The van der Waals surface area contributed by atoms with Gasteiger partial charge in [0.25, 0.3) is 17.9 Å². The van der Waals surface area contributed by atoms with E-state index >= 15 is 0 Å². The van der Waals surface area contributed by atoms with Gasteiger partial charge >= 0.3 is 8.80 Å². The molecule has 2 rings (SSSR count). The smallest absolute Gasteiger partial charge is 0.494 e. The molecular formula is C25H38O7Si.